The molecule has 1 fully saturated rings. The van der Waals surface area contributed by atoms with Gasteiger partial charge in [0.25, 0.3) is 5.91 Å². The lowest BCUT2D eigenvalue weighted by Crippen LogP contribution is -2.19. The number of hydrogen-bond acceptors (Lipinski definition) is 8. The normalized spacial score (nSPS) is 16.0. The molecular formula is C21H18FN3O5S. The molecule has 2 aromatic carbocycles. The van der Waals surface area contributed by atoms with Crippen LogP contribution < -0.4 is 14.8 Å². The van der Waals surface area contributed by atoms with E-state index in [1.165, 1.54) is 32.6 Å². The van der Waals surface area contributed by atoms with Crippen molar-refractivity contribution in [3.63, 3.8) is 0 Å². The zero-order valence-corrected chi connectivity index (χ0v) is 17.4. The second kappa shape index (κ2) is 10.4. The number of rotatable bonds is 7. The van der Waals surface area contributed by atoms with Gasteiger partial charge < -0.3 is 14.2 Å². The number of methoxy groups -OCH3 is 2. The van der Waals surface area contributed by atoms with Crippen molar-refractivity contribution in [2.45, 2.75) is 6.61 Å². The van der Waals surface area contributed by atoms with Gasteiger partial charge in [-0.25, -0.2) is 9.18 Å². The van der Waals surface area contributed by atoms with E-state index < -0.39 is 11.9 Å². The number of ether oxygens (including phenoxy) is 3. The highest BCUT2D eigenvalue weighted by Gasteiger charge is 2.25. The van der Waals surface area contributed by atoms with Crippen molar-refractivity contribution >= 4 is 35.0 Å². The molecule has 1 saturated heterocycles. The van der Waals surface area contributed by atoms with E-state index in [2.05, 4.69) is 20.3 Å². The fraction of sp³-hybridized carbons (Fsp3) is 0.143. The number of amidine groups is 1. The Balaban J connectivity index is 1.69. The number of amides is 1. The van der Waals surface area contributed by atoms with Crippen LogP contribution in [-0.2, 0) is 20.9 Å². The Hall–Kier alpha value is -3.66. The summed E-state index contributed by atoms with van der Waals surface area (Å²) in [5.74, 6) is -0.464. The number of nitrogens with one attached hydrogen (secondary N) is 1. The molecule has 10 heteroatoms. The predicted molar refractivity (Wildman–Crippen MR) is 115 cm³/mol. The highest BCUT2D eigenvalue weighted by atomic mass is 32.2. The smallest absolute Gasteiger partial charge is 0.331 e. The van der Waals surface area contributed by atoms with Crippen LogP contribution in [0.5, 0.6) is 11.5 Å². The summed E-state index contributed by atoms with van der Waals surface area (Å²) < 4.78 is 28.9. The van der Waals surface area contributed by atoms with Crippen LogP contribution in [0.25, 0.3) is 0 Å². The van der Waals surface area contributed by atoms with Crippen molar-refractivity contribution in [1.82, 2.24) is 5.32 Å². The first-order valence-electron chi connectivity index (χ1n) is 8.93. The third kappa shape index (κ3) is 6.16. The number of carbonyl (C=O) groups excluding carboxylic acids is 2. The lowest BCUT2D eigenvalue weighted by molar-refractivity contribution is -0.135. The molecule has 0 bridgehead atoms. The number of thioether (sulfide) groups is 1. The summed E-state index contributed by atoms with van der Waals surface area (Å²) in [5, 5.41) is 10.6. The lowest BCUT2D eigenvalue weighted by atomic mass is 10.2. The summed E-state index contributed by atoms with van der Waals surface area (Å²) in [7, 11) is 2.74. The van der Waals surface area contributed by atoms with Crippen LogP contribution in [0, 0.1) is 5.82 Å². The predicted octanol–water partition coefficient (Wildman–Crippen LogP) is 3.02. The number of carbonyl (C=O) groups is 2. The molecule has 0 spiro atoms. The number of esters is 1. The maximum atomic E-state index is 13.3. The molecule has 31 heavy (non-hydrogen) atoms. The monoisotopic (exact) mass is 443 g/mol. The first-order chi connectivity index (χ1) is 15.0. The summed E-state index contributed by atoms with van der Waals surface area (Å²) in [6.07, 6.45) is 2.55. The highest BCUT2D eigenvalue weighted by molar-refractivity contribution is 8.18. The third-order valence-electron chi connectivity index (χ3n) is 3.93. The maximum absolute atomic E-state index is 13.3. The average Bonchev–Trinajstić information content (AvgIpc) is 3.11. The molecule has 3 rings (SSSR count). The van der Waals surface area contributed by atoms with Gasteiger partial charge in [0.05, 0.1) is 25.3 Å². The van der Waals surface area contributed by atoms with Crippen molar-refractivity contribution in [3.05, 3.63) is 70.4 Å². The molecule has 1 amide bonds. The molecule has 0 atom stereocenters. The fourth-order valence-corrected chi connectivity index (χ4v) is 3.20. The molecule has 0 aromatic heterocycles. The molecule has 0 radical (unpaired) electrons. The zero-order chi connectivity index (χ0) is 22.2. The minimum Gasteiger partial charge on any atom is -0.493 e. The average molecular weight is 443 g/mol. The van der Waals surface area contributed by atoms with E-state index in [0.29, 0.717) is 22.6 Å². The van der Waals surface area contributed by atoms with E-state index in [1.54, 1.807) is 30.3 Å². The summed E-state index contributed by atoms with van der Waals surface area (Å²) >= 11 is 0.974. The van der Waals surface area contributed by atoms with Gasteiger partial charge in [-0.2, -0.15) is 5.10 Å². The Morgan fingerprint density at radius 2 is 2.03 bits per heavy atom. The summed E-state index contributed by atoms with van der Waals surface area (Å²) in [5.41, 5.74) is 1.34. The summed E-state index contributed by atoms with van der Waals surface area (Å²) in [4.78, 5) is 23.2. The number of nitrogens with zero attached hydrogens (tertiary/aromatic N) is 2. The van der Waals surface area contributed by atoms with Gasteiger partial charge >= 0.3 is 5.97 Å². The Bertz CT molecular complexity index is 1080. The second-order valence-corrected chi connectivity index (χ2v) is 7.10. The highest BCUT2D eigenvalue weighted by Crippen LogP contribution is 2.28. The van der Waals surface area contributed by atoms with Gasteiger partial charge in [-0.05, 0) is 53.2 Å². The van der Waals surface area contributed by atoms with E-state index in [0.717, 1.165) is 17.8 Å². The molecule has 1 aliphatic heterocycles. The van der Waals surface area contributed by atoms with Gasteiger partial charge in [-0.1, -0.05) is 12.1 Å². The van der Waals surface area contributed by atoms with Crippen LogP contribution in [0.15, 0.2) is 63.6 Å². The van der Waals surface area contributed by atoms with Crippen molar-refractivity contribution in [3.8, 4) is 11.5 Å². The second-order valence-electron chi connectivity index (χ2n) is 6.07. The fourth-order valence-electron chi connectivity index (χ4n) is 2.46. The van der Waals surface area contributed by atoms with E-state index in [9.17, 15) is 14.0 Å². The minimum atomic E-state index is -0.633. The SMILES string of the molecule is COC(=O)/C=C1/S/C(=N\N=Cc2ccc(OC)c(OCc3cccc(F)c3)c2)NC1=O. The molecular weight excluding hydrogens is 425 g/mol. The number of hydrogen-bond donors (Lipinski definition) is 1. The Morgan fingerprint density at radius 3 is 2.77 bits per heavy atom. The van der Waals surface area contributed by atoms with Gasteiger partial charge in [0.1, 0.15) is 12.4 Å². The van der Waals surface area contributed by atoms with Gasteiger partial charge in [0.15, 0.2) is 16.7 Å². The minimum absolute atomic E-state index is 0.162. The van der Waals surface area contributed by atoms with Crippen LogP contribution in [0.3, 0.4) is 0 Å². The number of benzene rings is 2. The molecule has 0 unspecified atom stereocenters. The first-order valence-corrected chi connectivity index (χ1v) is 9.75. The van der Waals surface area contributed by atoms with Crippen molar-refractivity contribution in [1.29, 1.82) is 0 Å². The van der Waals surface area contributed by atoms with Crippen LogP contribution in [0.2, 0.25) is 0 Å². The van der Waals surface area contributed by atoms with Gasteiger partial charge in [-0.3, -0.25) is 10.1 Å². The third-order valence-corrected chi connectivity index (χ3v) is 4.83. The van der Waals surface area contributed by atoms with Crippen LogP contribution in [-0.4, -0.2) is 37.5 Å². The number of halogens is 1. The van der Waals surface area contributed by atoms with Gasteiger partial charge in [0, 0.05) is 6.08 Å². The Kier molecular flexibility index (Phi) is 7.39. The Morgan fingerprint density at radius 1 is 1.19 bits per heavy atom. The van der Waals surface area contributed by atoms with E-state index in [-0.39, 0.29) is 22.5 Å². The topological polar surface area (TPSA) is 98.6 Å². The molecule has 8 nitrogen and oxygen atoms in total. The molecule has 1 aliphatic rings. The standard InChI is InChI=1S/C21H18FN3O5S/c1-28-16-7-6-13(9-17(16)30-12-14-4-3-5-15(22)8-14)11-23-25-21-24-20(27)18(31-21)10-19(26)29-2/h3-11H,12H2,1-2H3,(H,24,25,27)/b18-10+,23-11?. The zero-order valence-electron chi connectivity index (χ0n) is 16.6. The quantitative estimate of drug-likeness (QED) is 0.306. The van der Waals surface area contributed by atoms with Crippen LogP contribution in [0.1, 0.15) is 11.1 Å². The maximum Gasteiger partial charge on any atom is 0.331 e. The lowest BCUT2D eigenvalue weighted by Gasteiger charge is -2.11. The first kappa shape index (κ1) is 22.0. The largest absolute Gasteiger partial charge is 0.493 e. The van der Waals surface area contributed by atoms with E-state index in [4.69, 9.17) is 9.47 Å². The summed E-state index contributed by atoms with van der Waals surface area (Å²) in [6, 6.07) is 11.3. The molecule has 0 aliphatic carbocycles. The Labute approximate surface area is 181 Å². The van der Waals surface area contributed by atoms with Gasteiger partial charge in [0.2, 0.25) is 0 Å². The van der Waals surface area contributed by atoms with Crippen molar-refractivity contribution in [2.24, 2.45) is 10.2 Å². The van der Waals surface area contributed by atoms with Gasteiger partial charge in [-0.15, -0.1) is 5.10 Å². The van der Waals surface area contributed by atoms with Crippen LogP contribution in [0.4, 0.5) is 4.39 Å². The van der Waals surface area contributed by atoms with Crippen LogP contribution >= 0.6 is 11.8 Å². The molecule has 1 N–H and O–H groups in total. The molecule has 160 valence electrons. The molecule has 1 heterocycles. The van der Waals surface area contributed by atoms with E-state index in [1.807, 2.05) is 0 Å². The molecule has 0 saturated carbocycles. The van der Waals surface area contributed by atoms with Crippen molar-refractivity contribution in [2.75, 3.05) is 14.2 Å². The van der Waals surface area contributed by atoms with Crippen molar-refractivity contribution < 1.29 is 28.2 Å². The van der Waals surface area contributed by atoms with E-state index >= 15 is 0 Å². The molecule has 2 aromatic rings. The summed E-state index contributed by atoms with van der Waals surface area (Å²) in [6.45, 7) is 0.162.